The molecule has 4 rings (SSSR count). The van der Waals surface area contributed by atoms with E-state index in [1.54, 1.807) is 36.4 Å². The van der Waals surface area contributed by atoms with Gasteiger partial charge in [0.15, 0.2) is 17.6 Å². The number of hydrogen-bond acceptors (Lipinski definition) is 5. The van der Waals surface area contributed by atoms with Crippen LogP contribution in [0.5, 0.6) is 11.5 Å². The van der Waals surface area contributed by atoms with E-state index in [4.69, 9.17) is 25.3 Å². The van der Waals surface area contributed by atoms with Crippen LogP contribution in [0.1, 0.15) is 5.56 Å². The molecule has 0 N–H and O–H groups in total. The van der Waals surface area contributed by atoms with E-state index in [1.807, 2.05) is 6.92 Å². The van der Waals surface area contributed by atoms with Crippen molar-refractivity contribution < 1.29 is 26.5 Å². The van der Waals surface area contributed by atoms with Crippen LogP contribution in [0.15, 0.2) is 65.6 Å². The monoisotopic (exact) mass is 448 g/mol. The Labute approximate surface area is 179 Å². The van der Waals surface area contributed by atoms with Crippen molar-refractivity contribution in [1.82, 2.24) is 0 Å². The third-order valence-corrected chi connectivity index (χ3v) is 6.27. The van der Waals surface area contributed by atoms with Crippen LogP contribution in [0.2, 0.25) is 5.02 Å². The Morgan fingerprint density at radius 3 is 2.57 bits per heavy atom. The van der Waals surface area contributed by atoms with Gasteiger partial charge in [-0.2, -0.15) is 8.42 Å². The molecule has 1 atom stereocenters. The highest BCUT2D eigenvalue weighted by Crippen LogP contribution is 2.44. The third kappa shape index (κ3) is 4.14. The maximum absolute atomic E-state index is 14.7. The van der Waals surface area contributed by atoms with Crippen molar-refractivity contribution in [3.05, 3.63) is 77.1 Å². The molecule has 0 spiro atoms. The molecule has 0 fully saturated rings. The molecule has 5 nitrogen and oxygen atoms in total. The van der Waals surface area contributed by atoms with E-state index < -0.39 is 22.0 Å². The molecule has 0 unspecified atom stereocenters. The Morgan fingerprint density at radius 1 is 1.10 bits per heavy atom. The first-order valence-corrected chi connectivity index (χ1v) is 11.0. The molecule has 30 heavy (non-hydrogen) atoms. The third-order valence-electron chi connectivity index (χ3n) is 4.64. The van der Waals surface area contributed by atoms with E-state index in [0.717, 1.165) is 5.56 Å². The summed E-state index contributed by atoms with van der Waals surface area (Å²) in [5.74, 6) is -0.0149. The van der Waals surface area contributed by atoms with Crippen molar-refractivity contribution in [2.45, 2.75) is 17.9 Å². The van der Waals surface area contributed by atoms with E-state index in [1.165, 1.54) is 24.3 Å². The van der Waals surface area contributed by atoms with Crippen molar-refractivity contribution in [3.63, 3.8) is 0 Å². The highest BCUT2D eigenvalue weighted by molar-refractivity contribution is 7.86. The molecule has 0 amide bonds. The summed E-state index contributed by atoms with van der Waals surface area (Å²) in [5.41, 5.74) is 1.54. The average Bonchev–Trinajstić information content (AvgIpc) is 2.73. The lowest BCUT2D eigenvalue weighted by molar-refractivity contribution is 0.0557. The van der Waals surface area contributed by atoms with E-state index in [0.29, 0.717) is 16.3 Å². The van der Waals surface area contributed by atoms with E-state index in [-0.39, 0.29) is 29.4 Å². The van der Waals surface area contributed by atoms with Crippen molar-refractivity contribution in [1.29, 1.82) is 0 Å². The lowest BCUT2D eigenvalue weighted by atomic mass is 10.0. The number of ether oxygens (including phenoxy) is 2. The van der Waals surface area contributed by atoms with Crippen LogP contribution in [0.4, 0.5) is 4.39 Å². The second kappa shape index (κ2) is 8.26. The molecule has 0 saturated heterocycles. The van der Waals surface area contributed by atoms with Gasteiger partial charge in [0.05, 0.1) is 10.5 Å². The highest BCUT2D eigenvalue weighted by atomic mass is 35.5. The molecule has 3 aromatic carbocycles. The maximum Gasteiger partial charge on any atom is 0.297 e. The van der Waals surface area contributed by atoms with Crippen LogP contribution in [-0.4, -0.2) is 27.7 Å². The van der Waals surface area contributed by atoms with Gasteiger partial charge in [-0.1, -0.05) is 47.5 Å². The summed E-state index contributed by atoms with van der Waals surface area (Å²) >= 11 is 6.24. The van der Waals surface area contributed by atoms with Crippen molar-refractivity contribution in [2.24, 2.45) is 0 Å². The lowest BCUT2D eigenvalue weighted by Gasteiger charge is -2.28. The predicted octanol–water partition coefficient (Wildman–Crippen LogP) is 5.00. The first-order valence-electron chi connectivity index (χ1n) is 9.18. The summed E-state index contributed by atoms with van der Waals surface area (Å²) in [6.45, 7) is 1.63. The average molecular weight is 449 g/mol. The number of hydrogen-bond donors (Lipinski definition) is 0. The Kier molecular flexibility index (Phi) is 5.69. The molecule has 1 aliphatic heterocycles. The molecule has 1 aliphatic rings. The number of benzene rings is 3. The number of fused-ring (bicyclic) bond motifs is 1. The van der Waals surface area contributed by atoms with Crippen LogP contribution < -0.4 is 9.47 Å². The van der Waals surface area contributed by atoms with Crippen LogP contribution in [0.25, 0.3) is 11.1 Å². The van der Waals surface area contributed by atoms with Gasteiger partial charge < -0.3 is 9.47 Å². The molecule has 3 aromatic rings. The van der Waals surface area contributed by atoms with E-state index in [9.17, 15) is 12.8 Å². The summed E-state index contributed by atoms with van der Waals surface area (Å²) in [5, 5.41) is 0.355. The van der Waals surface area contributed by atoms with Gasteiger partial charge >= 0.3 is 0 Å². The summed E-state index contributed by atoms with van der Waals surface area (Å²) in [4.78, 5) is 0.0491. The molecule has 156 valence electrons. The normalized spacial score (nSPS) is 15.8. The molecule has 1 heterocycles. The quantitative estimate of drug-likeness (QED) is 0.514. The lowest BCUT2D eigenvalue weighted by Crippen LogP contribution is -2.34. The van der Waals surface area contributed by atoms with Crippen molar-refractivity contribution in [2.75, 3.05) is 13.2 Å². The largest absolute Gasteiger partial charge is 0.486 e. The second-order valence-electron chi connectivity index (χ2n) is 6.83. The summed E-state index contributed by atoms with van der Waals surface area (Å²) < 4.78 is 56.2. The summed E-state index contributed by atoms with van der Waals surface area (Å²) in [6.07, 6.45) is -0.749. The Bertz CT molecular complexity index is 1180. The van der Waals surface area contributed by atoms with Gasteiger partial charge in [-0.25, -0.2) is 4.39 Å². The number of rotatable bonds is 5. The first kappa shape index (κ1) is 20.7. The van der Waals surface area contributed by atoms with Crippen LogP contribution >= 0.6 is 11.6 Å². The van der Waals surface area contributed by atoms with Gasteiger partial charge in [-0.15, -0.1) is 0 Å². The smallest absolute Gasteiger partial charge is 0.297 e. The summed E-state index contributed by atoms with van der Waals surface area (Å²) in [7, 11) is -3.96. The van der Waals surface area contributed by atoms with Crippen LogP contribution in [0.3, 0.4) is 0 Å². The minimum Gasteiger partial charge on any atom is -0.486 e. The second-order valence-corrected chi connectivity index (χ2v) is 8.85. The fourth-order valence-electron chi connectivity index (χ4n) is 3.09. The van der Waals surface area contributed by atoms with E-state index in [2.05, 4.69) is 0 Å². The molecule has 0 aliphatic carbocycles. The Balaban J connectivity index is 1.57. The zero-order valence-corrected chi connectivity index (χ0v) is 17.5. The molecular weight excluding hydrogens is 431 g/mol. The molecule has 0 aromatic heterocycles. The van der Waals surface area contributed by atoms with Gasteiger partial charge in [0.2, 0.25) is 0 Å². The fraction of sp³-hybridized carbons (Fsp3) is 0.182. The van der Waals surface area contributed by atoms with Crippen molar-refractivity contribution >= 4 is 21.7 Å². The molecule has 0 bridgehead atoms. The zero-order chi connectivity index (χ0) is 21.3. The highest BCUT2D eigenvalue weighted by Gasteiger charge is 2.29. The summed E-state index contributed by atoms with van der Waals surface area (Å²) in [6, 6.07) is 15.9. The van der Waals surface area contributed by atoms with E-state index >= 15 is 0 Å². The van der Waals surface area contributed by atoms with Gasteiger partial charge in [-0.05, 0) is 37.3 Å². The van der Waals surface area contributed by atoms with Gasteiger partial charge in [0, 0.05) is 10.6 Å². The van der Waals surface area contributed by atoms with Gasteiger partial charge in [-0.3, -0.25) is 4.18 Å². The standard InChI is InChI=1S/C22H18ClFO5S/c1-14-6-8-16(9-7-14)30(25,26)28-13-15-12-27-20-11-10-19(24)21(22(20)29-15)17-4-2-3-5-18(17)23/h2-11,15H,12-13H2,1H3/t15-/m1/s1. The minimum atomic E-state index is -3.96. The zero-order valence-electron chi connectivity index (χ0n) is 16.0. The topological polar surface area (TPSA) is 61.8 Å². The Morgan fingerprint density at radius 2 is 1.83 bits per heavy atom. The molecule has 0 saturated carbocycles. The SMILES string of the molecule is Cc1ccc(S(=O)(=O)OC[C@H]2COc3ccc(F)c(-c4ccccc4Cl)c3O2)cc1. The molecule has 0 radical (unpaired) electrons. The van der Waals surface area contributed by atoms with Crippen molar-refractivity contribution in [3.8, 4) is 22.6 Å². The number of aryl methyl sites for hydroxylation is 1. The van der Waals surface area contributed by atoms with Crippen LogP contribution in [-0.2, 0) is 14.3 Å². The maximum atomic E-state index is 14.7. The Hall–Kier alpha value is -2.61. The minimum absolute atomic E-state index is 0.0491. The predicted molar refractivity (Wildman–Crippen MR) is 111 cm³/mol. The van der Waals surface area contributed by atoms with Gasteiger partial charge in [0.25, 0.3) is 10.1 Å². The number of halogens is 2. The first-order chi connectivity index (χ1) is 14.3. The van der Waals surface area contributed by atoms with Gasteiger partial charge in [0.1, 0.15) is 19.0 Å². The molecule has 8 heteroatoms. The fourth-order valence-corrected chi connectivity index (χ4v) is 4.26. The molecular formula is C22H18ClFO5S. The van der Waals surface area contributed by atoms with Crippen LogP contribution in [0, 0.1) is 12.7 Å².